The van der Waals surface area contributed by atoms with Crippen LogP contribution in [0.4, 0.5) is 4.79 Å². The first-order valence-electron chi connectivity index (χ1n) is 8.14. The molecule has 0 saturated heterocycles. The van der Waals surface area contributed by atoms with Crippen LogP contribution >= 0.6 is 27.5 Å². The SMILES string of the molecule is CCOc1ccc(Br)cc1C(C)NC(=O)N(C)S(=O)(=O)c1ccc(Cl)cc1. The van der Waals surface area contributed by atoms with E-state index in [0.29, 0.717) is 21.7 Å². The van der Waals surface area contributed by atoms with Crippen LogP contribution in [0.15, 0.2) is 51.8 Å². The number of nitrogens with one attached hydrogen (secondary N) is 1. The van der Waals surface area contributed by atoms with E-state index in [9.17, 15) is 13.2 Å². The zero-order valence-corrected chi connectivity index (χ0v) is 18.2. The van der Waals surface area contributed by atoms with E-state index in [0.717, 1.165) is 10.0 Å². The maximum Gasteiger partial charge on any atom is 0.331 e. The molecule has 0 spiro atoms. The second-order valence-corrected chi connectivity index (χ2v) is 9.03. The van der Waals surface area contributed by atoms with Crippen molar-refractivity contribution in [1.82, 2.24) is 9.62 Å². The lowest BCUT2D eigenvalue weighted by Gasteiger charge is -2.23. The lowest BCUT2D eigenvalue weighted by molar-refractivity contribution is 0.224. The molecule has 0 fully saturated rings. The van der Waals surface area contributed by atoms with Gasteiger partial charge in [0.05, 0.1) is 17.5 Å². The van der Waals surface area contributed by atoms with Crippen LogP contribution in [0.25, 0.3) is 0 Å². The molecule has 0 bridgehead atoms. The Bertz CT molecular complexity index is 919. The normalized spacial score (nSPS) is 12.3. The van der Waals surface area contributed by atoms with Gasteiger partial charge in [0.1, 0.15) is 5.75 Å². The molecule has 0 aliphatic rings. The number of carbonyl (C=O) groups excluding carboxylic acids is 1. The minimum Gasteiger partial charge on any atom is -0.494 e. The predicted octanol–water partition coefficient (Wildman–Crippen LogP) is 4.59. The second-order valence-electron chi connectivity index (χ2n) is 5.71. The molecule has 0 aliphatic carbocycles. The minimum absolute atomic E-state index is 0.0188. The molecule has 1 atom stereocenters. The fourth-order valence-corrected chi connectivity index (χ4v) is 3.94. The van der Waals surface area contributed by atoms with Crippen LogP contribution in [-0.4, -0.2) is 32.4 Å². The Kier molecular flexibility index (Phi) is 7.13. The van der Waals surface area contributed by atoms with E-state index >= 15 is 0 Å². The van der Waals surface area contributed by atoms with E-state index in [2.05, 4.69) is 21.2 Å². The van der Waals surface area contributed by atoms with Crippen molar-refractivity contribution in [3.8, 4) is 5.75 Å². The first-order valence-corrected chi connectivity index (χ1v) is 10.7. The number of urea groups is 1. The highest BCUT2D eigenvalue weighted by Gasteiger charge is 2.27. The number of benzene rings is 2. The van der Waals surface area contributed by atoms with Crippen molar-refractivity contribution in [2.75, 3.05) is 13.7 Å². The number of hydrogen-bond acceptors (Lipinski definition) is 4. The van der Waals surface area contributed by atoms with Gasteiger partial charge in [0.25, 0.3) is 10.0 Å². The number of hydrogen-bond donors (Lipinski definition) is 1. The van der Waals surface area contributed by atoms with Crippen molar-refractivity contribution in [2.45, 2.75) is 24.8 Å². The fraction of sp³-hybridized carbons (Fsp3) is 0.278. The van der Waals surface area contributed by atoms with E-state index in [-0.39, 0.29) is 4.90 Å². The number of sulfonamides is 1. The van der Waals surface area contributed by atoms with Gasteiger partial charge in [-0.3, -0.25) is 0 Å². The van der Waals surface area contributed by atoms with Crippen LogP contribution in [0, 0.1) is 0 Å². The molecule has 1 unspecified atom stereocenters. The topological polar surface area (TPSA) is 75.7 Å². The maximum atomic E-state index is 12.6. The molecule has 2 aromatic carbocycles. The molecule has 0 saturated carbocycles. The number of nitrogens with zero attached hydrogens (tertiary/aromatic N) is 1. The lowest BCUT2D eigenvalue weighted by atomic mass is 10.1. The molecule has 27 heavy (non-hydrogen) atoms. The molecule has 9 heteroatoms. The maximum absolute atomic E-state index is 12.6. The molecule has 6 nitrogen and oxygen atoms in total. The lowest BCUT2D eigenvalue weighted by Crippen LogP contribution is -2.42. The molecule has 2 rings (SSSR count). The van der Waals surface area contributed by atoms with Gasteiger partial charge in [0.2, 0.25) is 0 Å². The summed E-state index contributed by atoms with van der Waals surface area (Å²) < 4.78 is 32.3. The molecule has 2 aromatic rings. The van der Waals surface area contributed by atoms with Gasteiger partial charge >= 0.3 is 6.03 Å². The Morgan fingerprint density at radius 2 is 1.89 bits per heavy atom. The number of carbonyl (C=O) groups is 1. The number of halogens is 2. The van der Waals surface area contributed by atoms with Gasteiger partial charge in [0, 0.05) is 22.1 Å². The van der Waals surface area contributed by atoms with Crippen molar-refractivity contribution < 1.29 is 17.9 Å². The summed E-state index contributed by atoms with van der Waals surface area (Å²) in [5.74, 6) is 0.622. The van der Waals surface area contributed by atoms with Gasteiger partial charge in [-0.1, -0.05) is 27.5 Å². The predicted molar refractivity (Wildman–Crippen MR) is 109 cm³/mol. The van der Waals surface area contributed by atoms with Gasteiger partial charge in [-0.15, -0.1) is 0 Å². The Labute approximate surface area is 172 Å². The monoisotopic (exact) mass is 474 g/mol. The summed E-state index contributed by atoms with van der Waals surface area (Å²) >= 11 is 9.18. The van der Waals surface area contributed by atoms with Crippen molar-refractivity contribution in [1.29, 1.82) is 0 Å². The first-order chi connectivity index (χ1) is 12.7. The third-order valence-corrected chi connectivity index (χ3v) is 6.34. The summed E-state index contributed by atoms with van der Waals surface area (Å²) in [6.07, 6.45) is 0. The van der Waals surface area contributed by atoms with Gasteiger partial charge in [-0.05, 0) is 56.3 Å². The molecule has 0 aliphatic heterocycles. The average molecular weight is 476 g/mol. The Morgan fingerprint density at radius 1 is 1.26 bits per heavy atom. The molecule has 2 amide bonds. The number of rotatable bonds is 6. The zero-order valence-electron chi connectivity index (χ0n) is 15.1. The van der Waals surface area contributed by atoms with Gasteiger partial charge in [0.15, 0.2) is 0 Å². The van der Waals surface area contributed by atoms with Crippen molar-refractivity contribution in [3.63, 3.8) is 0 Å². The highest BCUT2D eigenvalue weighted by molar-refractivity contribution is 9.10. The molecule has 146 valence electrons. The first kappa shape index (κ1) is 21.5. The summed E-state index contributed by atoms with van der Waals surface area (Å²) in [4.78, 5) is 12.5. The highest BCUT2D eigenvalue weighted by Crippen LogP contribution is 2.29. The minimum atomic E-state index is -3.99. The van der Waals surface area contributed by atoms with Crippen LogP contribution < -0.4 is 10.1 Å². The fourth-order valence-electron chi connectivity index (χ4n) is 2.37. The Hall–Kier alpha value is -1.77. The average Bonchev–Trinajstić information content (AvgIpc) is 2.62. The van der Waals surface area contributed by atoms with Crippen LogP contribution in [0.2, 0.25) is 5.02 Å². The molecule has 0 aromatic heterocycles. The van der Waals surface area contributed by atoms with E-state index in [1.54, 1.807) is 13.0 Å². The van der Waals surface area contributed by atoms with E-state index in [4.69, 9.17) is 16.3 Å². The van der Waals surface area contributed by atoms with Crippen LogP contribution in [0.5, 0.6) is 5.75 Å². The van der Waals surface area contributed by atoms with Gasteiger partial charge in [-0.2, -0.15) is 0 Å². The van der Waals surface area contributed by atoms with E-state index in [1.807, 2.05) is 19.1 Å². The van der Waals surface area contributed by atoms with E-state index < -0.39 is 22.1 Å². The smallest absolute Gasteiger partial charge is 0.331 e. The molecule has 0 radical (unpaired) electrons. The summed E-state index contributed by atoms with van der Waals surface area (Å²) in [5, 5.41) is 3.10. The van der Waals surface area contributed by atoms with Crippen molar-refractivity contribution in [2.24, 2.45) is 0 Å². The van der Waals surface area contributed by atoms with Crippen molar-refractivity contribution >= 4 is 43.6 Å². The molecule has 1 N–H and O–H groups in total. The largest absolute Gasteiger partial charge is 0.494 e. The Morgan fingerprint density at radius 3 is 2.48 bits per heavy atom. The highest BCUT2D eigenvalue weighted by atomic mass is 79.9. The summed E-state index contributed by atoms with van der Waals surface area (Å²) in [6.45, 7) is 4.09. The van der Waals surface area contributed by atoms with E-state index in [1.165, 1.54) is 31.3 Å². The van der Waals surface area contributed by atoms with Crippen LogP contribution in [0.3, 0.4) is 0 Å². The third-order valence-electron chi connectivity index (χ3n) is 3.84. The quantitative estimate of drug-likeness (QED) is 0.663. The Balaban J connectivity index is 2.21. The summed E-state index contributed by atoms with van der Waals surface area (Å²) in [5.41, 5.74) is 0.733. The van der Waals surface area contributed by atoms with Gasteiger partial charge in [-0.25, -0.2) is 17.5 Å². The number of amides is 2. The van der Waals surface area contributed by atoms with Crippen LogP contribution in [-0.2, 0) is 10.0 Å². The zero-order chi connectivity index (χ0) is 20.2. The standard InChI is InChI=1S/C18H20BrClN2O4S/c1-4-26-17-10-5-13(19)11-16(17)12(2)21-18(23)22(3)27(24,25)15-8-6-14(20)7-9-15/h5-12H,4H2,1-3H3,(H,21,23). The summed E-state index contributed by atoms with van der Waals surface area (Å²) in [7, 11) is -2.78. The number of ether oxygens (including phenoxy) is 1. The molecular formula is C18H20BrClN2O4S. The summed E-state index contributed by atoms with van der Waals surface area (Å²) in [6, 6.07) is 9.85. The van der Waals surface area contributed by atoms with Crippen LogP contribution in [0.1, 0.15) is 25.5 Å². The molecule has 0 heterocycles. The second kappa shape index (κ2) is 8.95. The molecular weight excluding hydrogens is 456 g/mol. The third kappa shape index (κ3) is 5.15. The van der Waals surface area contributed by atoms with Gasteiger partial charge < -0.3 is 10.1 Å². The van der Waals surface area contributed by atoms with Crippen molar-refractivity contribution in [3.05, 3.63) is 57.5 Å².